The number of fused-ring (bicyclic) bond motifs is 1. The van der Waals surface area contributed by atoms with Gasteiger partial charge in [-0.2, -0.15) is 5.10 Å². The largest absolute Gasteiger partial charge is 0.354 e. The predicted molar refractivity (Wildman–Crippen MR) is 94.7 cm³/mol. The molecule has 0 saturated carbocycles. The third-order valence-corrected chi connectivity index (χ3v) is 4.54. The number of hydrogen-bond acceptors (Lipinski definition) is 7. The van der Waals surface area contributed by atoms with Crippen LogP contribution in [-0.4, -0.2) is 64.2 Å². The Hall–Kier alpha value is -2.79. The lowest BCUT2D eigenvalue weighted by Crippen LogP contribution is -2.46. The number of anilines is 1. The summed E-state index contributed by atoms with van der Waals surface area (Å²) in [6, 6.07) is 0. The quantitative estimate of drug-likeness (QED) is 0.694. The second-order valence-electron chi connectivity index (χ2n) is 6.39. The first-order valence-electron chi connectivity index (χ1n) is 8.64. The van der Waals surface area contributed by atoms with Crippen molar-refractivity contribution in [3.63, 3.8) is 0 Å². The van der Waals surface area contributed by atoms with Gasteiger partial charge in [-0.3, -0.25) is 14.5 Å². The summed E-state index contributed by atoms with van der Waals surface area (Å²) in [7, 11) is 1.53. The van der Waals surface area contributed by atoms with Crippen LogP contribution in [0.25, 0.3) is 0 Å². The summed E-state index contributed by atoms with van der Waals surface area (Å²) in [4.78, 5) is 19.5. The van der Waals surface area contributed by atoms with Crippen molar-refractivity contribution in [1.82, 2.24) is 30.4 Å². The maximum Gasteiger partial charge on any atom is 0.284 e. The first kappa shape index (κ1) is 17.6. The summed E-state index contributed by atoms with van der Waals surface area (Å²) in [6.45, 7) is 3.67. The highest BCUT2D eigenvalue weighted by molar-refractivity contribution is 6.06. The molecule has 0 unspecified atom stereocenters. The molecule has 11 heteroatoms. The van der Waals surface area contributed by atoms with Crippen LogP contribution in [0.15, 0.2) is 34.9 Å². The average molecular weight is 378 g/mol. The van der Waals surface area contributed by atoms with E-state index in [2.05, 4.69) is 31.1 Å². The fourth-order valence-corrected chi connectivity index (χ4v) is 3.21. The van der Waals surface area contributed by atoms with Gasteiger partial charge in [0.05, 0.1) is 11.3 Å². The minimum absolute atomic E-state index is 0.00158. The van der Waals surface area contributed by atoms with Crippen LogP contribution in [-0.2, 0) is 11.8 Å². The molecule has 0 radical (unpaired) electrons. The van der Waals surface area contributed by atoms with E-state index in [0.29, 0.717) is 11.4 Å². The number of amidine groups is 1. The van der Waals surface area contributed by atoms with Crippen LogP contribution in [0.3, 0.4) is 0 Å². The molecule has 4 heterocycles. The van der Waals surface area contributed by atoms with Gasteiger partial charge < -0.3 is 15.5 Å². The number of halogens is 2. The van der Waals surface area contributed by atoms with Gasteiger partial charge in [-0.1, -0.05) is 0 Å². The number of piperazine rings is 1. The number of carbonyl (C=O) groups excluding carboxylic acids is 1. The lowest BCUT2D eigenvalue weighted by atomic mass is 10.2. The third kappa shape index (κ3) is 3.43. The van der Waals surface area contributed by atoms with E-state index in [1.54, 1.807) is 5.01 Å². The third-order valence-electron chi connectivity index (χ3n) is 4.54. The molecule has 9 nitrogen and oxygen atoms in total. The van der Waals surface area contributed by atoms with Crippen molar-refractivity contribution in [3.8, 4) is 0 Å². The number of alkyl halides is 2. The Bertz CT molecular complexity index is 837. The average Bonchev–Trinajstić information content (AvgIpc) is 3.25. The van der Waals surface area contributed by atoms with Gasteiger partial charge >= 0.3 is 0 Å². The first-order valence-corrected chi connectivity index (χ1v) is 8.64. The summed E-state index contributed by atoms with van der Waals surface area (Å²) in [5.41, 5.74) is 2.98. The first-order chi connectivity index (χ1) is 13.0. The van der Waals surface area contributed by atoms with E-state index in [0.717, 1.165) is 32.0 Å². The van der Waals surface area contributed by atoms with E-state index in [9.17, 15) is 13.6 Å². The van der Waals surface area contributed by atoms with Crippen LogP contribution in [0.4, 0.5) is 14.5 Å². The van der Waals surface area contributed by atoms with E-state index in [1.165, 1.54) is 17.9 Å². The number of aliphatic imine (C=N–C) groups is 1. The van der Waals surface area contributed by atoms with Crippen molar-refractivity contribution in [1.29, 1.82) is 0 Å². The van der Waals surface area contributed by atoms with E-state index < -0.39 is 18.0 Å². The van der Waals surface area contributed by atoms with Gasteiger partial charge in [0.1, 0.15) is 5.84 Å². The molecular weight excluding hydrogens is 358 g/mol. The number of nitrogens with one attached hydrogen (secondary N) is 3. The van der Waals surface area contributed by atoms with Crippen molar-refractivity contribution in [2.75, 3.05) is 38.0 Å². The van der Waals surface area contributed by atoms with Crippen molar-refractivity contribution >= 4 is 17.4 Å². The number of hydrogen-bond donors (Lipinski definition) is 3. The molecule has 3 aliphatic rings. The molecule has 144 valence electrons. The predicted octanol–water partition coefficient (Wildman–Crippen LogP) is 0.159. The Morgan fingerprint density at radius 3 is 2.85 bits per heavy atom. The molecule has 1 fully saturated rings. The van der Waals surface area contributed by atoms with Gasteiger partial charge in [-0.15, -0.1) is 0 Å². The van der Waals surface area contributed by atoms with Gasteiger partial charge in [0.2, 0.25) is 0 Å². The maximum absolute atomic E-state index is 13.1. The fourth-order valence-electron chi connectivity index (χ4n) is 3.21. The summed E-state index contributed by atoms with van der Waals surface area (Å²) < 4.78 is 27.4. The Morgan fingerprint density at radius 2 is 2.11 bits per heavy atom. The molecule has 0 aromatic carbocycles. The molecule has 3 aliphatic heterocycles. The standard InChI is InChI=1S/C16H20F2N8O/c1-24-9-11(13(23-24)14(17)18)21-16(27)10-8-20-26-5-2-12(22-15(10)26)25-6-3-19-4-7-25/h2,5,9,14,19-20H,3-4,6-8H2,1H3,(H,21,27). The van der Waals surface area contributed by atoms with Gasteiger partial charge in [-0.25, -0.2) is 19.2 Å². The van der Waals surface area contributed by atoms with E-state index >= 15 is 0 Å². The summed E-state index contributed by atoms with van der Waals surface area (Å²) in [5, 5.41) is 11.2. The van der Waals surface area contributed by atoms with E-state index in [-0.39, 0.29) is 12.2 Å². The summed E-state index contributed by atoms with van der Waals surface area (Å²) in [6.07, 6.45) is 2.29. The summed E-state index contributed by atoms with van der Waals surface area (Å²) in [5.74, 6) is 0.783. The number of hydrazine groups is 1. The number of aromatic nitrogens is 2. The van der Waals surface area contributed by atoms with Crippen LogP contribution < -0.4 is 16.1 Å². The lowest BCUT2D eigenvalue weighted by molar-refractivity contribution is -0.112. The van der Waals surface area contributed by atoms with Crippen LogP contribution in [0, 0.1) is 0 Å². The monoisotopic (exact) mass is 378 g/mol. The van der Waals surface area contributed by atoms with Gasteiger partial charge in [0.25, 0.3) is 12.3 Å². The number of aryl methyl sites for hydroxylation is 1. The molecule has 3 N–H and O–H groups in total. The van der Waals surface area contributed by atoms with Crippen LogP contribution in [0.5, 0.6) is 0 Å². The molecular formula is C16H20F2N8O. The second-order valence-corrected chi connectivity index (χ2v) is 6.39. The normalized spacial score (nSPS) is 19.6. The molecule has 0 aliphatic carbocycles. The molecule has 0 atom stereocenters. The van der Waals surface area contributed by atoms with Crippen molar-refractivity contribution in [2.24, 2.45) is 12.0 Å². The Balaban J connectivity index is 1.58. The zero-order chi connectivity index (χ0) is 19.0. The number of nitrogens with zero attached hydrogens (tertiary/aromatic N) is 5. The van der Waals surface area contributed by atoms with Crippen LogP contribution in [0.2, 0.25) is 0 Å². The Kier molecular flexibility index (Phi) is 4.62. The van der Waals surface area contributed by atoms with Crippen LogP contribution >= 0.6 is 0 Å². The van der Waals surface area contributed by atoms with Crippen molar-refractivity contribution < 1.29 is 13.6 Å². The lowest BCUT2D eigenvalue weighted by Gasteiger charge is -2.31. The molecule has 0 bridgehead atoms. The SMILES string of the molecule is Cn1cc(NC(=O)C2=C3N=C(N4CCNCC4)C=CN3NC2)c(C(F)F)n1. The fraction of sp³-hybridized carbons (Fsp3) is 0.438. The zero-order valence-corrected chi connectivity index (χ0v) is 14.7. The number of amides is 1. The topological polar surface area (TPSA) is 89.8 Å². The van der Waals surface area contributed by atoms with Gasteiger partial charge in [0, 0.05) is 52.2 Å². The van der Waals surface area contributed by atoms with Crippen LogP contribution in [0.1, 0.15) is 12.1 Å². The molecule has 1 aromatic heterocycles. The number of carbonyl (C=O) groups is 1. The van der Waals surface area contributed by atoms with Gasteiger partial charge in [0.15, 0.2) is 11.5 Å². The molecule has 1 saturated heterocycles. The summed E-state index contributed by atoms with van der Waals surface area (Å²) >= 11 is 0. The van der Waals surface area contributed by atoms with E-state index in [4.69, 9.17) is 0 Å². The number of rotatable bonds is 3. The van der Waals surface area contributed by atoms with Crippen molar-refractivity contribution in [2.45, 2.75) is 6.43 Å². The van der Waals surface area contributed by atoms with E-state index in [1.807, 2.05) is 12.3 Å². The minimum atomic E-state index is -2.77. The molecule has 1 amide bonds. The highest BCUT2D eigenvalue weighted by Gasteiger charge is 2.30. The molecule has 27 heavy (non-hydrogen) atoms. The highest BCUT2D eigenvalue weighted by Crippen LogP contribution is 2.27. The molecule has 1 aromatic rings. The van der Waals surface area contributed by atoms with Gasteiger partial charge in [-0.05, 0) is 6.08 Å². The maximum atomic E-state index is 13.1. The Morgan fingerprint density at radius 1 is 1.33 bits per heavy atom. The van der Waals surface area contributed by atoms with Crippen molar-refractivity contribution in [3.05, 3.63) is 35.6 Å². The molecule has 4 rings (SSSR count). The smallest absolute Gasteiger partial charge is 0.284 e. The second kappa shape index (κ2) is 7.08. The minimum Gasteiger partial charge on any atom is -0.354 e. The Labute approximate surface area is 154 Å². The zero-order valence-electron chi connectivity index (χ0n) is 14.7. The molecule has 0 spiro atoms. The highest BCUT2D eigenvalue weighted by atomic mass is 19.3.